The summed E-state index contributed by atoms with van der Waals surface area (Å²) in [6.07, 6.45) is 4.03. The molecule has 22 heavy (non-hydrogen) atoms. The Hall–Kier alpha value is -0.820. The van der Waals surface area contributed by atoms with E-state index in [4.69, 9.17) is 16.3 Å². The quantitative estimate of drug-likeness (QED) is 0.910. The summed E-state index contributed by atoms with van der Waals surface area (Å²) in [6, 6.07) is 5.54. The smallest absolute Gasteiger partial charge is 0.243 e. The summed E-state index contributed by atoms with van der Waals surface area (Å²) >= 11 is 6.06. The number of methoxy groups -OCH3 is 1. The number of rotatable bonds is 4. The maximum atomic E-state index is 12.8. The fourth-order valence-electron chi connectivity index (χ4n) is 3.49. The van der Waals surface area contributed by atoms with Crippen molar-refractivity contribution in [2.75, 3.05) is 14.2 Å². The van der Waals surface area contributed by atoms with Gasteiger partial charge >= 0.3 is 0 Å². The topological polar surface area (TPSA) is 58.6 Å². The van der Waals surface area contributed by atoms with Crippen LogP contribution in [0.25, 0.3) is 0 Å². The molecule has 2 saturated heterocycles. The zero-order valence-electron chi connectivity index (χ0n) is 12.8. The van der Waals surface area contributed by atoms with Crippen molar-refractivity contribution in [1.82, 2.24) is 9.62 Å². The van der Waals surface area contributed by atoms with Crippen LogP contribution in [0.15, 0.2) is 23.1 Å². The second kappa shape index (κ2) is 6.00. The maximum absolute atomic E-state index is 12.8. The number of nitrogens with zero attached hydrogens (tertiary/aromatic N) is 1. The molecule has 0 aliphatic carbocycles. The summed E-state index contributed by atoms with van der Waals surface area (Å²) in [5, 5.41) is 3.84. The minimum absolute atomic E-state index is 0.0460. The monoisotopic (exact) mass is 344 g/mol. The normalized spacial score (nSPS) is 28.1. The van der Waals surface area contributed by atoms with Gasteiger partial charge in [0.05, 0.1) is 17.0 Å². The Morgan fingerprint density at radius 3 is 2.45 bits per heavy atom. The van der Waals surface area contributed by atoms with Crippen molar-refractivity contribution < 1.29 is 13.2 Å². The van der Waals surface area contributed by atoms with Crippen LogP contribution >= 0.6 is 11.6 Å². The van der Waals surface area contributed by atoms with Gasteiger partial charge in [0.25, 0.3) is 0 Å². The van der Waals surface area contributed by atoms with Crippen LogP contribution in [0.5, 0.6) is 5.75 Å². The lowest BCUT2D eigenvalue weighted by atomic mass is 10.0. The average molecular weight is 345 g/mol. The highest BCUT2D eigenvalue weighted by Crippen LogP contribution is 2.33. The number of benzene rings is 1. The first-order valence-corrected chi connectivity index (χ1v) is 9.31. The van der Waals surface area contributed by atoms with Crippen LogP contribution in [-0.4, -0.2) is 45.0 Å². The third kappa shape index (κ3) is 2.85. The third-order valence-corrected chi connectivity index (χ3v) is 6.96. The van der Waals surface area contributed by atoms with Crippen molar-refractivity contribution in [3.8, 4) is 5.75 Å². The minimum Gasteiger partial charge on any atom is -0.495 e. The Balaban J connectivity index is 1.84. The first kappa shape index (κ1) is 16.1. The van der Waals surface area contributed by atoms with E-state index in [1.165, 1.54) is 17.5 Å². The van der Waals surface area contributed by atoms with Gasteiger partial charge in [-0.15, -0.1) is 0 Å². The highest BCUT2D eigenvalue weighted by molar-refractivity contribution is 7.89. The molecule has 1 N–H and O–H groups in total. The molecule has 0 spiro atoms. The molecule has 0 aromatic heterocycles. The summed E-state index contributed by atoms with van der Waals surface area (Å²) in [6.45, 7) is 0. The highest BCUT2D eigenvalue weighted by Gasteiger charge is 2.38. The van der Waals surface area contributed by atoms with Crippen molar-refractivity contribution in [2.24, 2.45) is 0 Å². The Kier molecular flexibility index (Phi) is 4.38. The van der Waals surface area contributed by atoms with Crippen LogP contribution in [0, 0.1) is 0 Å². The van der Waals surface area contributed by atoms with Crippen LogP contribution < -0.4 is 10.1 Å². The van der Waals surface area contributed by atoms with Gasteiger partial charge in [0, 0.05) is 25.2 Å². The lowest BCUT2D eigenvalue weighted by molar-refractivity contribution is 0.251. The van der Waals surface area contributed by atoms with E-state index in [1.54, 1.807) is 19.2 Å². The maximum Gasteiger partial charge on any atom is 0.243 e. The van der Waals surface area contributed by atoms with Gasteiger partial charge in [-0.1, -0.05) is 11.6 Å². The summed E-state index contributed by atoms with van der Waals surface area (Å²) < 4.78 is 32.2. The molecule has 2 fully saturated rings. The molecule has 0 amide bonds. The van der Waals surface area contributed by atoms with Gasteiger partial charge in [-0.05, 0) is 43.9 Å². The first-order valence-electron chi connectivity index (χ1n) is 7.49. The number of sulfonamides is 1. The highest BCUT2D eigenvalue weighted by atomic mass is 35.5. The molecule has 2 atom stereocenters. The van der Waals surface area contributed by atoms with Crippen molar-refractivity contribution in [2.45, 2.75) is 48.7 Å². The molecule has 2 heterocycles. The fourth-order valence-corrected chi connectivity index (χ4v) is 5.22. The molecule has 3 rings (SSSR count). The van der Waals surface area contributed by atoms with E-state index >= 15 is 0 Å². The van der Waals surface area contributed by atoms with Crippen LogP contribution in [0.2, 0.25) is 5.02 Å². The largest absolute Gasteiger partial charge is 0.495 e. The number of fused-ring (bicyclic) bond motifs is 2. The summed E-state index contributed by atoms with van der Waals surface area (Å²) in [5.74, 6) is 0.475. The van der Waals surface area contributed by atoms with Gasteiger partial charge in [0.2, 0.25) is 10.0 Å². The lowest BCUT2D eigenvalue weighted by Gasteiger charge is -2.34. The summed E-state index contributed by atoms with van der Waals surface area (Å²) in [4.78, 5) is 0.215. The second-order valence-electron chi connectivity index (χ2n) is 6.08. The van der Waals surface area contributed by atoms with Gasteiger partial charge < -0.3 is 10.1 Å². The molecule has 5 nitrogen and oxygen atoms in total. The standard InChI is InChI=1S/C15H21ClN2O3S/c1-18(12-7-10-3-4-11(8-12)17-10)22(19,20)13-5-6-15(21-2)14(16)9-13/h5-6,9-12,17H,3-4,7-8H2,1-2H3. The molecular formula is C15H21ClN2O3S. The van der Waals surface area contributed by atoms with Crippen LogP contribution in [0.4, 0.5) is 0 Å². The second-order valence-corrected chi connectivity index (χ2v) is 8.49. The molecule has 122 valence electrons. The summed E-state index contributed by atoms with van der Waals surface area (Å²) in [7, 11) is -0.364. The van der Waals surface area contributed by atoms with Crippen molar-refractivity contribution in [1.29, 1.82) is 0 Å². The van der Waals surface area contributed by atoms with Crippen LogP contribution in [-0.2, 0) is 10.0 Å². The SMILES string of the molecule is COc1ccc(S(=O)(=O)N(C)C2CC3CCC(C2)N3)cc1Cl. The van der Waals surface area contributed by atoms with Crippen LogP contribution in [0.1, 0.15) is 25.7 Å². The predicted molar refractivity (Wildman–Crippen MR) is 85.9 cm³/mol. The number of hydrogen-bond donors (Lipinski definition) is 1. The van der Waals surface area contributed by atoms with Gasteiger partial charge in [0.15, 0.2) is 0 Å². The number of hydrogen-bond acceptors (Lipinski definition) is 4. The predicted octanol–water partition coefficient (Wildman–Crippen LogP) is 2.25. The molecule has 2 bridgehead atoms. The molecule has 2 unspecified atom stereocenters. The van der Waals surface area contributed by atoms with E-state index in [0.717, 1.165) is 25.7 Å². The van der Waals surface area contributed by atoms with Crippen molar-refractivity contribution in [3.05, 3.63) is 23.2 Å². The minimum atomic E-state index is -3.54. The zero-order valence-corrected chi connectivity index (χ0v) is 14.3. The van der Waals surface area contributed by atoms with E-state index in [1.807, 2.05) is 0 Å². The Labute approximate surface area is 136 Å². The van der Waals surface area contributed by atoms with Gasteiger partial charge in [-0.3, -0.25) is 0 Å². The number of ether oxygens (including phenoxy) is 1. The van der Waals surface area contributed by atoms with Crippen molar-refractivity contribution >= 4 is 21.6 Å². The van der Waals surface area contributed by atoms with Gasteiger partial charge in [-0.25, -0.2) is 8.42 Å². The zero-order chi connectivity index (χ0) is 15.9. The molecule has 0 radical (unpaired) electrons. The van der Waals surface area contributed by atoms with E-state index < -0.39 is 10.0 Å². The fraction of sp³-hybridized carbons (Fsp3) is 0.600. The Morgan fingerprint density at radius 1 is 1.27 bits per heavy atom. The molecule has 7 heteroatoms. The third-order valence-electron chi connectivity index (χ3n) is 4.76. The molecule has 1 aromatic rings. The molecule has 2 aliphatic heterocycles. The van der Waals surface area contributed by atoms with Gasteiger partial charge in [-0.2, -0.15) is 4.31 Å². The van der Waals surface area contributed by atoms with E-state index in [-0.39, 0.29) is 10.9 Å². The van der Waals surface area contributed by atoms with E-state index in [0.29, 0.717) is 22.9 Å². The van der Waals surface area contributed by atoms with Crippen LogP contribution in [0.3, 0.4) is 0 Å². The molecule has 1 aromatic carbocycles. The van der Waals surface area contributed by atoms with Gasteiger partial charge in [0.1, 0.15) is 5.75 Å². The summed E-state index contributed by atoms with van der Waals surface area (Å²) in [5.41, 5.74) is 0. The Bertz CT molecular complexity index is 653. The number of halogens is 1. The first-order chi connectivity index (χ1) is 10.4. The lowest BCUT2D eigenvalue weighted by Crippen LogP contribution is -2.48. The van der Waals surface area contributed by atoms with E-state index in [9.17, 15) is 8.42 Å². The molecule has 2 aliphatic rings. The van der Waals surface area contributed by atoms with E-state index in [2.05, 4.69) is 5.32 Å². The van der Waals surface area contributed by atoms with Crippen molar-refractivity contribution in [3.63, 3.8) is 0 Å². The average Bonchev–Trinajstić information content (AvgIpc) is 2.84. The Morgan fingerprint density at radius 2 is 1.91 bits per heavy atom. The number of nitrogens with one attached hydrogen (secondary N) is 1. The molecular weight excluding hydrogens is 324 g/mol. The number of piperidine rings is 1. The molecule has 0 saturated carbocycles.